The second-order valence-electron chi connectivity index (χ2n) is 8.01. The highest BCUT2D eigenvalue weighted by Gasteiger charge is 2.31. The van der Waals surface area contributed by atoms with E-state index in [1.54, 1.807) is 7.11 Å². The van der Waals surface area contributed by atoms with Crippen LogP contribution in [0.15, 0.2) is 6.07 Å². The van der Waals surface area contributed by atoms with Crippen LogP contribution < -0.4 is 10.1 Å². The van der Waals surface area contributed by atoms with Crippen molar-refractivity contribution >= 4 is 5.91 Å². The van der Waals surface area contributed by atoms with Gasteiger partial charge >= 0.3 is 0 Å². The molecule has 3 heteroatoms. The third-order valence-electron chi connectivity index (χ3n) is 5.08. The third-order valence-corrected chi connectivity index (χ3v) is 5.08. The van der Waals surface area contributed by atoms with Crippen LogP contribution in [0, 0.1) is 25.7 Å². The first-order valence-corrected chi connectivity index (χ1v) is 8.62. The molecule has 0 heterocycles. The van der Waals surface area contributed by atoms with Gasteiger partial charge in [-0.05, 0) is 88.1 Å². The average molecular weight is 317 g/mol. The molecule has 0 aliphatic heterocycles. The van der Waals surface area contributed by atoms with E-state index in [0.717, 1.165) is 25.0 Å². The standard InChI is InChI=1S/C20H31NO2/c1-12-10-18(23-7)14(3)17-11-15(8-9-16(12)17)13(2)19(22)21-20(4,5)6/h10,13,15H,8-9,11H2,1-7H3,(H,21,22). The minimum Gasteiger partial charge on any atom is -0.496 e. The van der Waals surface area contributed by atoms with E-state index in [9.17, 15) is 4.79 Å². The van der Waals surface area contributed by atoms with Crippen molar-refractivity contribution in [2.24, 2.45) is 11.8 Å². The Morgan fingerprint density at radius 1 is 1.30 bits per heavy atom. The zero-order valence-electron chi connectivity index (χ0n) is 15.7. The molecule has 0 bridgehead atoms. The van der Waals surface area contributed by atoms with Gasteiger partial charge in [-0.3, -0.25) is 4.79 Å². The Morgan fingerprint density at radius 2 is 1.96 bits per heavy atom. The molecule has 1 aliphatic rings. The van der Waals surface area contributed by atoms with Gasteiger partial charge in [-0.2, -0.15) is 0 Å². The van der Waals surface area contributed by atoms with Crippen LogP contribution in [0.1, 0.15) is 56.4 Å². The van der Waals surface area contributed by atoms with Gasteiger partial charge in [0.2, 0.25) is 5.91 Å². The van der Waals surface area contributed by atoms with E-state index >= 15 is 0 Å². The SMILES string of the molecule is COc1cc(C)c2c(c1C)CC(C(C)C(=O)NC(C)(C)C)CC2. The Balaban J connectivity index is 2.23. The number of benzene rings is 1. The van der Waals surface area contributed by atoms with Gasteiger partial charge in [0.15, 0.2) is 0 Å². The molecule has 2 unspecified atom stereocenters. The van der Waals surface area contributed by atoms with E-state index in [2.05, 4.69) is 32.2 Å². The first-order chi connectivity index (χ1) is 10.6. The number of amides is 1. The normalized spacial score (nSPS) is 19.0. The topological polar surface area (TPSA) is 38.3 Å². The predicted molar refractivity (Wildman–Crippen MR) is 95.0 cm³/mol. The zero-order chi connectivity index (χ0) is 17.4. The Morgan fingerprint density at radius 3 is 2.52 bits per heavy atom. The number of carbonyl (C=O) groups is 1. The lowest BCUT2D eigenvalue weighted by Gasteiger charge is -2.33. The predicted octanol–water partition coefficient (Wildman–Crippen LogP) is 3.97. The Kier molecular flexibility index (Phi) is 5.07. The summed E-state index contributed by atoms with van der Waals surface area (Å²) in [6.45, 7) is 12.5. The van der Waals surface area contributed by atoms with Gasteiger partial charge in [-0.25, -0.2) is 0 Å². The number of hydrogen-bond acceptors (Lipinski definition) is 2. The number of fused-ring (bicyclic) bond motifs is 1. The monoisotopic (exact) mass is 317 g/mol. The summed E-state index contributed by atoms with van der Waals surface area (Å²) in [5.74, 6) is 1.57. The van der Waals surface area contributed by atoms with E-state index in [1.165, 1.54) is 22.3 Å². The fourth-order valence-corrected chi connectivity index (χ4v) is 3.66. The summed E-state index contributed by atoms with van der Waals surface area (Å²) in [7, 11) is 1.73. The van der Waals surface area contributed by atoms with E-state index < -0.39 is 0 Å². The molecule has 0 aromatic heterocycles. The number of aryl methyl sites for hydroxylation is 1. The molecule has 2 rings (SSSR count). The van der Waals surface area contributed by atoms with Gasteiger partial charge in [0.25, 0.3) is 0 Å². The van der Waals surface area contributed by atoms with Crippen molar-refractivity contribution in [3.05, 3.63) is 28.3 Å². The van der Waals surface area contributed by atoms with Gasteiger partial charge in [0.05, 0.1) is 7.11 Å². The summed E-state index contributed by atoms with van der Waals surface area (Å²) in [5, 5.41) is 3.13. The second kappa shape index (κ2) is 6.54. The minimum atomic E-state index is -0.173. The number of carbonyl (C=O) groups excluding carboxylic acids is 1. The molecule has 2 atom stereocenters. The average Bonchev–Trinajstić information content (AvgIpc) is 2.47. The highest BCUT2D eigenvalue weighted by molar-refractivity contribution is 5.79. The van der Waals surface area contributed by atoms with Crippen LogP contribution in [0.2, 0.25) is 0 Å². The molecule has 0 spiro atoms. The maximum Gasteiger partial charge on any atom is 0.223 e. The minimum absolute atomic E-state index is 0.0354. The lowest BCUT2D eigenvalue weighted by molar-refractivity contribution is -0.127. The Labute approximate surface area is 140 Å². The molecule has 1 N–H and O–H groups in total. The highest BCUT2D eigenvalue weighted by atomic mass is 16.5. The maximum atomic E-state index is 12.5. The van der Waals surface area contributed by atoms with Crippen LogP contribution in [0.25, 0.3) is 0 Å². The molecule has 128 valence electrons. The molecule has 1 amide bonds. The maximum absolute atomic E-state index is 12.5. The van der Waals surface area contributed by atoms with E-state index in [1.807, 2.05) is 20.8 Å². The third kappa shape index (κ3) is 3.88. The smallest absolute Gasteiger partial charge is 0.223 e. The summed E-state index contributed by atoms with van der Waals surface area (Å²) in [5.41, 5.74) is 5.23. The lowest BCUT2D eigenvalue weighted by atomic mass is 9.74. The lowest BCUT2D eigenvalue weighted by Crippen LogP contribution is -2.45. The van der Waals surface area contributed by atoms with Gasteiger partial charge in [0, 0.05) is 11.5 Å². The van der Waals surface area contributed by atoms with Gasteiger partial charge in [-0.1, -0.05) is 6.92 Å². The summed E-state index contributed by atoms with van der Waals surface area (Å²) < 4.78 is 5.52. The van der Waals surface area contributed by atoms with Crippen LogP contribution in [-0.2, 0) is 17.6 Å². The van der Waals surface area contributed by atoms with Crippen molar-refractivity contribution < 1.29 is 9.53 Å². The number of nitrogens with one attached hydrogen (secondary N) is 1. The van der Waals surface area contributed by atoms with E-state index in [0.29, 0.717) is 5.92 Å². The quantitative estimate of drug-likeness (QED) is 0.916. The molecular weight excluding hydrogens is 286 g/mol. The molecule has 1 aliphatic carbocycles. The summed E-state index contributed by atoms with van der Waals surface area (Å²) in [4.78, 5) is 12.5. The molecule has 3 nitrogen and oxygen atoms in total. The fourth-order valence-electron chi connectivity index (χ4n) is 3.66. The first-order valence-electron chi connectivity index (χ1n) is 8.62. The van der Waals surface area contributed by atoms with E-state index in [4.69, 9.17) is 4.74 Å². The van der Waals surface area contributed by atoms with Crippen LogP contribution in [0.4, 0.5) is 0 Å². The molecule has 0 saturated carbocycles. The number of rotatable bonds is 3. The van der Waals surface area contributed by atoms with Crippen molar-refractivity contribution in [2.45, 2.75) is 66.3 Å². The van der Waals surface area contributed by atoms with Gasteiger partial charge in [-0.15, -0.1) is 0 Å². The van der Waals surface area contributed by atoms with Crippen molar-refractivity contribution in [1.29, 1.82) is 0 Å². The Bertz CT molecular complexity index is 599. The molecule has 23 heavy (non-hydrogen) atoms. The van der Waals surface area contributed by atoms with Crippen molar-refractivity contribution in [2.75, 3.05) is 7.11 Å². The Hall–Kier alpha value is -1.51. The number of ether oxygens (including phenoxy) is 1. The number of methoxy groups -OCH3 is 1. The summed E-state index contributed by atoms with van der Waals surface area (Å²) in [6.07, 6.45) is 3.11. The first kappa shape index (κ1) is 17.8. The zero-order valence-corrected chi connectivity index (χ0v) is 15.7. The van der Waals surface area contributed by atoms with E-state index in [-0.39, 0.29) is 17.4 Å². The van der Waals surface area contributed by atoms with Crippen LogP contribution >= 0.6 is 0 Å². The van der Waals surface area contributed by atoms with Gasteiger partial charge < -0.3 is 10.1 Å². The van der Waals surface area contributed by atoms with Crippen molar-refractivity contribution in [1.82, 2.24) is 5.32 Å². The molecule has 0 saturated heterocycles. The highest BCUT2D eigenvalue weighted by Crippen LogP contribution is 2.37. The summed E-state index contributed by atoms with van der Waals surface area (Å²) in [6, 6.07) is 2.14. The molecular formula is C20H31NO2. The number of hydrogen-bond donors (Lipinski definition) is 1. The van der Waals surface area contributed by atoms with Crippen LogP contribution in [0.5, 0.6) is 5.75 Å². The van der Waals surface area contributed by atoms with Crippen LogP contribution in [-0.4, -0.2) is 18.6 Å². The van der Waals surface area contributed by atoms with Gasteiger partial charge in [0.1, 0.15) is 5.75 Å². The van der Waals surface area contributed by atoms with Crippen LogP contribution in [0.3, 0.4) is 0 Å². The fraction of sp³-hybridized carbons (Fsp3) is 0.650. The molecule has 0 radical (unpaired) electrons. The summed E-state index contributed by atoms with van der Waals surface area (Å²) >= 11 is 0. The second-order valence-corrected chi connectivity index (χ2v) is 8.01. The molecule has 0 fully saturated rings. The molecule has 1 aromatic carbocycles. The van der Waals surface area contributed by atoms with Crippen molar-refractivity contribution in [3.8, 4) is 5.75 Å². The largest absolute Gasteiger partial charge is 0.496 e. The van der Waals surface area contributed by atoms with Crippen molar-refractivity contribution in [3.63, 3.8) is 0 Å². The molecule has 1 aromatic rings.